The lowest BCUT2D eigenvalue weighted by Crippen LogP contribution is -2.31. The third-order valence-corrected chi connectivity index (χ3v) is 4.19. The van der Waals surface area contributed by atoms with Crippen LogP contribution in [0.3, 0.4) is 0 Å². The summed E-state index contributed by atoms with van der Waals surface area (Å²) in [5.41, 5.74) is 2.85. The molecule has 2 rings (SSSR count). The number of rotatable bonds is 8. The fraction of sp³-hybridized carbons (Fsp3) is 0.333. The highest BCUT2D eigenvalue weighted by Gasteiger charge is 2.20. The summed E-state index contributed by atoms with van der Waals surface area (Å²) in [5.74, 6) is 0.495. The SMILES string of the molecule is CCCC(=O)C(NCC(C)c1ccc(C#N)cc1)c1ccccc1. The molecule has 0 radical (unpaired) electrons. The van der Waals surface area contributed by atoms with E-state index in [0.717, 1.165) is 17.5 Å². The van der Waals surface area contributed by atoms with E-state index < -0.39 is 0 Å². The van der Waals surface area contributed by atoms with Crippen LogP contribution in [0.2, 0.25) is 0 Å². The summed E-state index contributed by atoms with van der Waals surface area (Å²) in [6, 6.07) is 19.4. The minimum absolute atomic E-state index is 0.232. The Balaban J connectivity index is 2.06. The second-order valence-corrected chi connectivity index (χ2v) is 6.10. The van der Waals surface area contributed by atoms with Crippen LogP contribution in [0.15, 0.2) is 54.6 Å². The number of nitriles is 1. The molecule has 2 atom stereocenters. The number of hydrogen-bond acceptors (Lipinski definition) is 3. The van der Waals surface area contributed by atoms with Gasteiger partial charge in [0.25, 0.3) is 0 Å². The van der Waals surface area contributed by atoms with E-state index in [0.29, 0.717) is 18.5 Å². The van der Waals surface area contributed by atoms with Crippen molar-refractivity contribution in [2.75, 3.05) is 6.54 Å². The average Bonchev–Trinajstić information content (AvgIpc) is 2.63. The van der Waals surface area contributed by atoms with Gasteiger partial charge < -0.3 is 5.32 Å². The molecule has 0 aliphatic carbocycles. The van der Waals surface area contributed by atoms with Crippen molar-refractivity contribution in [2.45, 2.75) is 38.6 Å². The van der Waals surface area contributed by atoms with Gasteiger partial charge in [-0.05, 0) is 35.6 Å². The summed E-state index contributed by atoms with van der Waals surface area (Å²) < 4.78 is 0. The molecule has 0 bridgehead atoms. The molecule has 0 fully saturated rings. The molecule has 0 saturated carbocycles. The monoisotopic (exact) mass is 320 g/mol. The van der Waals surface area contributed by atoms with Gasteiger partial charge >= 0.3 is 0 Å². The number of Topliss-reactive ketones (excluding diaryl/α,β-unsaturated/α-hetero) is 1. The first-order chi connectivity index (χ1) is 11.7. The highest BCUT2D eigenvalue weighted by molar-refractivity contribution is 5.85. The van der Waals surface area contributed by atoms with Gasteiger partial charge in [-0.25, -0.2) is 0 Å². The van der Waals surface area contributed by atoms with Gasteiger partial charge in [-0.2, -0.15) is 5.26 Å². The number of carbonyl (C=O) groups is 1. The van der Waals surface area contributed by atoms with Crippen molar-refractivity contribution in [1.82, 2.24) is 5.32 Å². The molecular weight excluding hydrogens is 296 g/mol. The molecule has 0 spiro atoms. The van der Waals surface area contributed by atoms with Gasteiger partial charge in [-0.15, -0.1) is 0 Å². The molecule has 1 N–H and O–H groups in total. The van der Waals surface area contributed by atoms with Crippen LogP contribution >= 0.6 is 0 Å². The molecule has 0 aliphatic rings. The van der Waals surface area contributed by atoms with Crippen LogP contribution in [-0.2, 0) is 4.79 Å². The van der Waals surface area contributed by atoms with Crippen LogP contribution < -0.4 is 5.32 Å². The van der Waals surface area contributed by atoms with Crippen molar-refractivity contribution in [1.29, 1.82) is 5.26 Å². The number of ketones is 1. The van der Waals surface area contributed by atoms with E-state index in [1.54, 1.807) is 0 Å². The third kappa shape index (κ3) is 4.78. The molecule has 3 heteroatoms. The molecule has 24 heavy (non-hydrogen) atoms. The summed E-state index contributed by atoms with van der Waals surface area (Å²) in [4.78, 5) is 12.5. The standard InChI is InChI=1S/C21H24N2O/c1-3-7-20(24)21(19-8-5-4-6-9-19)23-15-16(2)18-12-10-17(14-22)11-13-18/h4-6,8-13,16,21,23H,3,7,15H2,1-2H3. The second-order valence-electron chi connectivity index (χ2n) is 6.10. The van der Waals surface area contributed by atoms with Crippen LogP contribution in [0.5, 0.6) is 0 Å². The zero-order valence-electron chi connectivity index (χ0n) is 14.3. The van der Waals surface area contributed by atoms with E-state index in [-0.39, 0.29) is 17.7 Å². The quantitative estimate of drug-likeness (QED) is 0.786. The van der Waals surface area contributed by atoms with Gasteiger partial charge in [0.15, 0.2) is 5.78 Å². The molecule has 0 aromatic heterocycles. The van der Waals surface area contributed by atoms with Crippen LogP contribution in [0.25, 0.3) is 0 Å². The third-order valence-electron chi connectivity index (χ3n) is 4.19. The van der Waals surface area contributed by atoms with Crippen molar-refractivity contribution < 1.29 is 4.79 Å². The topological polar surface area (TPSA) is 52.9 Å². The summed E-state index contributed by atoms with van der Waals surface area (Å²) in [5, 5.41) is 12.3. The first-order valence-electron chi connectivity index (χ1n) is 8.46. The molecule has 2 unspecified atom stereocenters. The largest absolute Gasteiger partial charge is 0.303 e. The number of carbonyl (C=O) groups excluding carboxylic acids is 1. The Morgan fingerprint density at radius 3 is 2.33 bits per heavy atom. The zero-order chi connectivity index (χ0) is 17.4. The summed E-state index contributed by atoms with van der Waals surface area (Å²) in [6.07, 6.45) is 1.44. The normalized spacial score (nSPS) is 13.0. The Kier molecular flexibility index (Phi) is 6.72. The molecule has 0 saturated heterocycles. The molecule has 0 amide bonds. The van der Waals surface area contributed by atoms with Crippen molar-refractivity contribution in [3.63, 3.8) is 0 Å². The predicted molar refractivity (Wildman–Crippen MR) is 96.7 cm³/mol. The Hall–Kier alpha value is -2.44. The highest BCUT2D eigenvalue weighted by Crippen LogP contribution is 2.20. The predicted octanol–water partition coefficient (Wildman–Crippen LogP) is 4.36. The lowest BCUT2D eigenvalue weighted by Gasteiger charge is -2.21. The van der Waals surface area contributed by atoms with Gasteiger partial charge in [-0.3, -0.25) is 4.79 Å². The first kappa shape index (κ1) is 17.9. The number of hydrogen-bond donors (Lipinski definition) is 1. The van der Waals surface area contributed by atoms with Crippen LogP contribution in [0.1, 0.15) is 55.3 Å². The van der Waals surface area contributed by atoms with E-state index in [2.05, 4.69) is 18.3 Å². The van der Waals surface area contributed by atoms with Crippen LogP contribution in [0.4, 0.5) is 0 Å². The lowest BCUT2D eigenvalue weighted by molar-refractivity contribution is -0.121. The molecule has 124 valence electrons. The first-order valence-corrected chi connectivity index (χ1v) is 8.46. The molecule has 0 heterocycles. The average molecular weight is 320 g/mol. The van der Waals surface area contributed by atoms with Gasteiger partial charge in [0, 0.05) is 13.0 Å². The van der Waals surface area contributed by atoms with Crippen molar-refractivity contribution >= 4 is 5.78 Å². The summed E-state index contributed by atoms with van der Waals surface area (Å²) in [6.45, 7) is 4.86. The minimum atomic E-state index is -0.257. The fourth-order valence-corrected chi connectivity index (χ4v) is 2.75. The van der Waals surface area contributed by atoms with E-state index in [4.69, 9.17) is 5.26 Å². The Morgan fingerprint density at radius 1 is 1.08 bits per heavy atom. The Bertz CT molecular complexity index is 686. The van der Waals surface area contributed by atoms with Crippen LogP contribution in [-0.4, -0.2) is 12.3 Å². The van der Waals surface area contributed by atoms with E-state index in [9.17, 15) is 4.79 Å². The van der Waals surface area contributed by atoms with Gasteiger partial charge in [-0.1, -0.05) is 56.3 Å². The maximum atomic E-state index is 12.5. The van der Waals surface area contributed by atoms with E-state index in [1.165, 1.54) is 0 Å². The maximum Gasteiger partial charge on any atom is 0.154 e. The van der Waals surface area contributed by atoms with Crippen molar-refractivity contribution in [3.8, 4) is 6.07 Å². The van der Waals surface area contributed by atoms with Crippen molar-refractivity contribution in [3.05, 3.63) is 71.3 Å². The maximum absolute atomic E-state index is 12.5. The summed E-state index contributed by atoms with van der Waals surface area (Å²) >= 11 is 0. The second kappa shape index (κ2) is 9.00. The van der Waals surface area contributed by atoms with Crippen molar-refractivity contribution in [2.24, 2.45) is 0 Å². The summed E-state index contributed by atoms with van der Waals surface area (Å²) in [7, 11) is 0. The lowest BCUT2D eigenvalue weighted by atomic mass is 9.96. The van der Waals surface area contributed by atoms with Gasteiger partial charge in [0.2, 0.25) is 0 Å². The van der Waals surface area contributed by atoms with Gasteiger partial charge in [0.05, 0.1) is 17.7 Å². The molecular formula is C21H24N2O. The molecule has 3 nitrogen and oxygen atoms in total. The smallest absolute Gasteiger partial charge is 0.154 e. The Labute approximate surface area is 144 Å². The Morgan fingerprint density at radius 2 is 1.75 bits per heavy atom. The van der Waals surface area contributed by atoms with E-state index in [1.807, 2.05) is 61.5 Å². The molecule has 2 aromatic carbocycles. The molecule has 2 aromatic rings. The van der Waals surface area contributed by atoms with Crippen LogP contribution in [0, 0.1) is 11.3 Å². The minimum Gasteiger partial charge on any atom is -0.303 e. The number of nitrogens with one attached hydrogen (secondary N) is 1. The van der Waals surface area contributed by atoms with Gasteiger partial charge in [0.1, 0.15) is 0 Å². The molecule has 0 aliphatic heterocycles. The highest BCUT2D eigenvalue weighted by atomic mass is 16.1. The zero-order valence-corrected chi connectivity index (χ0v) is 14.3. The van der Waals surface area contributed by atoms with E-state index >= 15 is 0 Å². The number of benzene rings is 2. The number of nitrogens with zero attached hydrogens (tertiary/aromatic N) is 1. The fourth-order valence-electron chi connectivity index (χ4n) is 2.75.